The molecular weight excluding hydrogens is 240 g/mol. The largest absolute Gasteiger partial charge is 0.313 e. The van der Waals surface area contributed by atoms with Crippen molar-refractivity contribution < 1.29 is 0 Å². The topological polar surface area (TPSA) is 24.9 Å². The highest BCUT2D eigenvalue weighted by Crippen LogP contribution is 2.35. The lowest BCUT2D eigenvalue weighted by molar-refractivity contribution is 0.672. The minimum atomic E-state index is 0.806. The van der Waals surface area contributed by atoms with Gasteiger partial charge in [0.15, 0.2) is 0 Å². The molecular formula is C15H24N2S. The number of aryl methyl sites for hydroxylation is 1. The smallest absolute Gasteiger partial charge is 0.0991 e. The van der Waals surface area contributed by atoms with Crippen LogP contribution in [0.25, 0.3) is 0 Å². The van der Waals surface area contributed by atoms with E-state index < -0.39 is 0 Å². The summed E-state index contributed by atoms with van der Waals surface area (Å²) in [5, 5.41) is 5.47. The highest BCUT2D eigenvalue weighted by molar-refractivity contribution is 7.99. The van der Waals surface area contributed by atoms with Gasteiger partial charge in [0.25, 0.3) is 0 Å². The summed E-state index contributed by atoms with van der Waals surface area (Å²) in [6.07, 6.45) is 8.75. The molecule has 18 heavy (non-hydrogen) atoms. The van der Waals surface area contributed by atoms with Crippen LogP contribution < -0.4 is 5.32 Å². The van der Waals surface area contributed by atoms with Crippen molar-refractivity contribution >= 4 is 11.8 Å². The van der Waals surface area contributed by atoms with Crippen LogP contribution >= 0.6 is 11.8 Å². The van der Waals surface area contributed by atoms with Crippen molar-refractivity contribution in [2.45, 2.75) is 62.8 Å². The number of pyridine rings is 1. The molecule has 1 aromatic heterocycles. The Balaban J connectivity index is 1.91. The molecule has 0 atom stereocenters. The van der Waals surface area contributed by atoms with E-state index in [1.807, 2.05) is 18.0 Å². The summed E-state index contributed by atoms with van der Waals surface area (Å²) >= 11 is 1.98. The molecule has 1 saturated carbocycles. The van der Waals surface area contributed by atoms with Crippen molar-refractivity contribution in [3.05, 3.63) is 23.4 Å². The Morgan fingerprint density at radius 3 is 2.83 bits per heavy atom. The summed E-state index contributed by atoms with van der Waals surface area (Å²) < 4.78 is 0. The summed E-state index contributed by atoms with van der Waals surface area (Å²) in [6.45, 7) is 6.40. The molecule has 1 aromatic rings. The minimum absolute atomic E-state index is 0.806. The summed E-state index contributed by atoms with van der Waals surface area (Å²) in [6, 6.07) is 2.28. The Labute approximate surface area is 115 Å². The van der Waals surface area contributed by atoms with Crippen LogP contribution in [0.1, 0.15) is 50.2 Å². The molecule has 0 saturated heterocycles. The normalized spacial score (nSPS) is 16.3. The predicted octanol–water partition coefficient (Wildman–Crippen LogP) is 3.92. The minimum Gasteiger partial charge on any atom is -0.313 e. The van der Waals surface area contributed by atoms with Crippen LogP contribution in [0.15, 0.2) is 17.3 Å². The van der Waals surface area contributed by atoms with Gasteiger partial charge < -0.3 is 5.32 Å². The molecule has 0 radical (unpaired) electrons. The zero-order chi connectivity index (χ0) is 12.8. The fraction of sp³-hybridized carbons (Fsp3) is 0.667. The highest BCUT2D eigenvalue weighted by Gasteiger charge is 2.17. The third kappa shape index (κ3) is 3.99. The quantitative estimate of drug-likeness (QED) is 0.788. The van der Waals surface area contributed by atoms with Crippen LogP contribution in [0.5, 0.6) is 0 Å². The van der Waals surface area contributed by atoms with Crippen LogP contribution in [-0.2, 0) is 6.54 Å². The second-order valence-corrected chi connectivity index (χ2v) is 6.46. The molecule has 1 aliphatic carbocycles. The van der Waals surface area contributed by atoms with E-state index in [1.165, 1.54) is 48.3 Å². The second kappa shape index (κ2) is 7.15. The third-order valence-electron chi connectivity index (χ3n) is 3.42. The van der Waals surface area contributed by atoms with Crippen LogP contribution in [0.4, 0.5) is 0 Å². The van der Waals surface area contributed by atoms with Crippen molar-refractivity contribution in [1.82, 2.24) is 10.3 Å². The van der Waals surface area contributed by atoms with E-state index >= 15 is 0 Å². The number of thioether (sulfide) groups is 1. The summed E-state index contributed by atoms with van der Waals surface area (Å²) in [7, 11) is 0. The van der Waals surface area contributed by atoms with Crippen LogP contribution in [0.2, 0.25) is 0 Å². The lowest BCUT2D eigenvalue weighted by atomic mass is 10.2. The van der Waals surface area contributed by atoms with Crippen molar-refractivity contribution in [2.75, 3.05) is 6.54 Å². The first-order chi connectivity index (χ1) is 8.79. The maximum Gasteiger partial charge on any atom is 0.0991 e. The molecule has 0 amide bonds. The fourth-order valence-electron chi connectivity index (χ4n) is 2.41. The Morgan fingerprint density at radius 2 is 2.17 bits per heavy atom. The Morgan fingerprint density at radius 1 is 1.39 bits per heavy atom. The Hall–Kier alpha value is -0.540. The van der Waals surface area contributed by atoms with E-state index in [0.717, 1.165) is 18.3 Å². The number of aromatic nitrogens is 1. The molecule has 1 heterocycles. The van der Waals surface area contributed by atoms with Crippen molar-refractivity contribution in [3.8, 4) is 0 Å². The molecule has 1 N–H and O–H groups in total. The van der Waals surface area contributed by atoms with E-state index in [2.05, 4.69) is 30.2 Å². The monoisotopic (exact) mass is 264 g/mol. The fourth-order valence-corrected chi connectivity index (χ4v) is 3.66. The summed E-state index contributed by atoms with van der Waals surface area (Å²) in [5.74, 6) is 0. The van der Waals surface area contributed by atoms with Crippen LogP contribution in [0.3, 0.4) is 0 Å². The molecule has 0 aromatic carbocycles. The lowest BCUT2D eigenvalue weighted by Gasteiger charge is -2.11. The van der Waals surface area contributed by atoms with Gasteiger partial charge in [-0.2, -0.15) is 0 Å². The van der Waals surface area contributed by atoms with Crippen molar-refractivity contribution in [3.63, 3.8) is 0 Å². The van der Waals surface area contributed by atoms with E-state index in [1.54, 1.807) is 0 Å². The standard InChI is InChI=1S/C15H24N2S/c1-3-8-16-10-13-9-12(2)15(17-11-13)18-14-6-4-5-7-14/h9,11,14,16H,3-8,10H2,1-2H3. The van der Waals surface area contributed by atoms with Gasteiger partial charge in [-0.3, -0.25) is 0 Å². The number of hydrogen-bond donors (Lipinski definition) is 1. The maximum atomic E-state index is 4.64. The van der Waals surface area contributed by atoms with Crippen LogP contribution in [0, 0.1) is 6.92 Å². The maximum absolute atomic E-state index is 4.64. The first-order valence-electron chi connectivity index (χ1n) is 7.12. The van der Waals surface area contributed by atoms with Gasteiger partial charge in [0.2, 0.25) is 0 Å². The average molecular weight is 264 g/mol. The SMILES string of the molecule is CCCNCc1cnc(SC2CCCC2)c(C)c1. The molecule has 0 unspecified atom stereocenters. The molecule has 0 aliphatic heterocycles. The van der Waals surface area contributed by atoms with Gasteiger partial charge in [0, 0.05) is 18.0 Å². The van der Waals surface area contributed by atoms with Gasteiger partial charge in [-0.05, 0) is 43.9 Å². The lowest BCUT2D eigenvalue weighted by Crippen LogP contribution is -2.14. The van der Waals surface area contributed by atoms with Gasteiger partial charge in [0.1, 0.15) is 0 Å². The second-order valence-electron chi connectivity index (χ2n) is 5.17. The molecule has 1 fully saturated rings. The molecule has 0 bridgehead atoms. The number of rotatable bonds is 6. The van der Waals surface area contributed by atoms with Gasteiger partial charge in [-0.15, -0.1) is 11.8 Å². The zero-order valence-electron chi connectivity index (χ0n) is 11.5. The van der Waals surface area contributed by atoms with Gasteiger partial charge in [0.05, 0.1) is 5.03 Å². The van der Waals surface area contributed by atoms with E-state index in [9.17, 15) is 0 Å². The van der Waals surface area contributed by atoms with Crippen molar-refractivity contribution in [1.29, 1.82) is 0 Å². The Bertz CT molecular complexity index is 373. The number of nitrogens with one attached hydrogen (secondary N) is 1. The van der Waals surface area contributed by atoms with Gasteiger partial charge >= 0.3 is 0 Å². The number of hydrogen-bond acceptors (Lipinski definition) is 3. The predicted molar refractivity (Wildman–Crippen MR) is 79.1 cm³/mol. The third-order valence-corrected chi connectivity index (χ3v) is 4.88. The zero-order valence-corrected chi connectivity index (χ0v) is 12.4. The van der Waals surface area contributed by atoms with E-state index in [4.69, 9.17) is 0 Å². The first kappa shape index (κ1) is 13.9. The van der Waals surface area contributed by atoms with E-state index in [0.29, 0.717) is 0 Å². The molecule has 1 aliphatic rings. The molecule has 2 rings (SSSR count). The van der Waals surface area contributed by atoms with Gasteiger partial charge in [-0.25, -0.2) is 4.98 Å². The molecule has 2 nitrogen and oxygen atoms in total. The van der Waals surface area contributed by atoms with E-state index in [-0.39, 0.29) is 0 Å². The van der Waals surface area contributed by atoms with Crippen LogP contribution in [-0.4, -0.2) is 16.8 Å². The number of nitrogens with zero attached hydrogens (tertiary/aromatic N) is 1. The molecule has 100 valence electrons. The first-order valence-corrected chi connectivity index (χ1v) is 8.00. The molecule has 3 heteroatoms. The molecule has 0 spiro atoms. The Kier molecular flexibility index (Phi) is 5.51. The average Bonchev–Trinajstić information content (AvgIpc) is 2.86. The summed E-state index contributed by atoms with van der Waals surface area (Å²) in [4.78, 5) is 4.64. The van der Waals surface area contributed by atoms with Crippen molar-refractivity contribution in [2.24, 2.45) is 0 Å². The highest BCUT2D eigenvalue weighted by atomic mass is 32.2. The summed E-state index contributed by atoms with van der Waals surface area (Å²) in [5.41, 5.74) is 2.64. The van der Waals surface area contributed by atoms with Gasteiger partial charge in [-0.1, -0.05) is 25.8 Å².